The lowest BCUT2D eigenvalue weighted by Gasteiger charge is -2.18. The van der Waals surface area contributed by atoms with Crippen LogP contribution in [-0.2, 0) is 0 Å². The number of hydrogen-bond acceptors (Lipinski definition) is 3. The van der Waals surface area contributed by atoms with E-state index in [1.807, 2.05) is 18.2 Å². The summed E-state index contributed by atoms with van der Waals surface area (Å²) in [6.45, 7) is 1.62. The van der Waals surface area contributed by atoms with Crippen molar-refractivity contribution in [1.29, 1.82) is 0 Å². The maximum absolute atomic E-state index is 12.3. The lowest BCUT2D eigenvalue weighted by molar-refractivity contribution is 0.0940. The number of rotatable bonds is 3. The van der Waals surface area contributed by atoms with Crippen molar-refractivity contribution >= 4 is 34.9 Å². The molecular weight excluding hydrogens is 321 g/mol. The van der Waals surface area contributed by atoms with Gasteiger partial charge < -0.3 is 10.2 Å². The van der Waals surface area contributed by atoms with Crippen molar-refractivity contribution in [1.82, 2.24) is 10.3 Å². The summed E-state index contributed by atoms with van der Waals surface area (Å²) in [6, 6.07) is 10.8. The van der Waals surface area contributed by atoms with Gasteiger partial charge in [0.25, 0.3) is 5.91 Å². The highest BCUT2D eigenvalue weighted by Gasteiger charge is 2.25. The number of anilines is 1. The van der Waals surface area contributed by atoms with Crippen LogP contribution in [0.2, 0.25) is 10.0 Å². The van der Waals surface area contributed by atoms with Crippen LogP contribution in [0.1, 0.15) is 16.8 Å². The van der Waals surface area contributed by atoms with E-state index in [2.05, 4.69) is 15.2 Å². The summed E-state index contributed by atoms with van der Waals surface area (Å²) in [5.41, 5.74) is 0.447. The number of pyridine rings is 1. The number of benzene rings is 1. The van der Waals surface area contributed by atoms with Crippen LogP contribution < -0.4 is 10.2 Å². The first kappa shape index (κ1) is 15.1. The van der Waals surface area contributed by atoms with E-state index in [0.717, 1.165) is 25.3 Å². The van der Waals surface area contributed by atoms with Crippen molar-refractivity contribution in [3.63, 3.8) is 0 Å². The van der Waals surface area contributed by atoms with Gasteiger partial charge in [0, 0.05) is 30.4 Å². The Balaban J connectivity index is 1.64. The molecule has 4 nitrogen and oxygen atoms in total. The Morgan fingerprint density at radius 1 is 1.27 bits per heavy atom. The molecule has 0 spiro atoms. The molecule has 0 bridgehead atoms. The van der Waals surface area contributed by atoms with Crippen LogP contribution in [-0.4, -0.2) is 30.0 Å². The van der Waals surface area contributed by atoms with E-state index in [-0.39, 0.29) is 11.9 Å². The number of carbonyl (C=O) groups is 1. The molecule has 1 N–H and O–H groups in total. The molecule has 1 atom stereocenters. The fraction of sp³-hybridized carbons (Fsp3) is 0.250. The van der Waals surface area contributed by atoms with Gasteiger partial charge in [0.15, 0.2) is 0 Å². The molecule has 6 heteroatoms. The summed E-state index contributed by atoms with van der Waals surface area (Å²) in [5.74, 6) is 0.762. The Labute approximate surface area is 139 Å². The smallest absolute Gasteiger partial charge is 0.253 e. The highest BCUT2D eigenvalue weighted by Crippen LogP contribution is 2.22. The standard InChI is InChI=1S/C16H15Cl2N3O/c17-11-4-5-13(14(18)9-11)16(22)20-12-6-8-21(10-12)15-3-1-2-7-19-15/h1-5,7,9,12H,6,8,10H2,(H,20,22). The molecule has 22 heavy (non-hydrogen) atoms. The minimum atomic E-state index is -0.172. The average molecular weight is 336 g/mol. The van der Waals surface area contributed by atoms with Crippen LogP contribution in [0.15, 0.2) is 42.6 Å². The van der Waals surface area contributed by atoms with Crippen LogP contribution in [0.5, 0.6) is 0 Å². The third kappa shape index (κ3) is 3.34. The molecule has 2 aromatic rings. The van der Waals surface area contributed by atoms with E-state index in [0.29, 0.717) is 15.6 Å². The fourth-order valence-corrected chi connectivity index (χ4v) is 3.06. The summed E-state index contributed by atoms with van der Waals surface area (Å²) in [6.07, 6.45) is 2.66. The summed E-state index contributed by atoms with van der Waals surface area (Å²) in [4.78, 5) is 18.8. The molecule has 0 saturated carbocycles. The molecule has 1 aromatic heterocycles. The van der Waals surface area contributed by atoms with E-state index >= 15 is 0 Å². The van der Waals surface area contributed by atoms with Crippen LogP contribution in [0.3, 0.4) is 0 Å². The predicted octanol–water partition coefficient (Wildman–Crippen LogP) is 3.40. The molecule has 1 unspecified atom stereocenters. The highest BCUT2D eigenvalue weighted by atomic mass is 35.5. The molecule has 1 aliphatic rings. The Bertz CT molecular complexity index is 678. The van der Waals surface area contributed by atoms with Crippen molar-refractivity contribution in [3.05, 3.63) is 58.2 Å². The molecular formula is C16H15Cl2N3O. The second-order valence-electron chi connectivity index (χ2n) is 5.22. The van der Waals surface area contributed by atoms with Gasteiger partial charge in [0.05, 0.1) is 10.6 Å². The molecule has 0 aliphatic carbocycles. The third-order valence-electron chi connectivity index (χ3n) is 3.67. The van der Waals surface area contributed by atoms with Gasteiger partial charge in [0.1, 0.15) is 5.82 Å². The van der Waals surface area contributed by atoms with Gasteiger partial charge in [-0.15, -0.1) is 0 Å². The predicted molar refractivity (Wildman–Crippen MR) is 88.8 cm³/mol. The highest BCUT2D eigenvalue weighted by molar-refractivity contribution is 6.36. The molecule has 1 fully saturated rings. The Kier molecular flexibility index (Phi) is 4.50. The van der Waals surface area contributed by atoms with E-state index < -0.39 is 0 Å². The quantitative estimate of drug-likeness (QED) is 0.934. The Morgan fingerprint density at radius 3 is 2.86 bits per heavy atom. The van der Waals surface area contributed by atoms with Crippen LogP contribution in [0, 0.1) is 0 Å². The summed E-state index contributed by atoms with van der Waals surface area (Å²) >= 11 is 11.9. The first-order valence-corrected chi connectivity index (χ1v) is 7.81. The van der Waals surface area contributed by atoms with Crippen molar-refractivity contribution in [2.45, 2.75) is 12.5 Å². The zero-order valence-electron chi connectivity index (χ0n) is 11.8. The third-order valence-corrected chi connectivity index (χ3v) is 4.22. The average Bonchev–Trinajstić information content (AvgIpc) is 2.96. The van der Waals surface area contributed by atoms with Crippen molar-refractivity contribution in [3.8, 4) is 0 Å². The first-order chi connectivity index (χ1) is 10.6. The van der Waals surface area contributed by atoms with E-state index in [4.69, 9.17) is 23.2 Å². The maximum atomic E-state index is 12.3. The monoisotopic (exact) mass is 335 g/mol. The van der Waals surface area contributed by atoms with E-state index in [1.54, 1.807) is 24.4 Å². The fourth-order valence-electron chi connectivity index (χ4n) is 2.56. The number of halogens is 2. The molecule has 114 valence electrons. The molecule has 1 amide bonds. The normalized spacial score (nSPS) is 17.5. The number of amides is 1. The topological polar surface area (TPSA) is 45.2 Å². The van der Waals surface area contributed by atoms with Gasteiger partial charge in [-0.1, -0.05) is 29.3 Å². The molecule has 1 aromatic carbocycles. The lowest BCUT2D eigenvalue weighted by Crippen LogP contribution is -2.37. The summed E-state index contributed by atoms with van der Waals surface area (Å²) < 4.78 is 0. The van der Waals surface area contributed by atoms with Crippen LogP contribution in [0.25, 0.3) is 0 Å². The Hall–Kier alpha value is -1.78. The number of aromatic nitrogens is 1. The maximum Gasteiger partial charge on any atom is 0.253 e. The first-order valence-electron chi connectivity index (χ1n) is 7.05. The number of carbonyl (C=O) groups excluding carboxylic acids is 1. The van der Waals surface area contributed by atoms with Crippen LogP contribution in [0.4, 0.5) is 5.82 Å². The molecule has 3 rings (SSSR count). The van der Waals surface area contributed by atoms with Gasteiger partial charge in [0.2, 0.25) is 0 Å². The largest absolute Gasteiger partial charge is 0.354 e. The Morgan fingerprint density at radius 2 is 2.14 bits per heavy atom. The van der Waals surface area contributed by atoms with E-state index in [9.17, 15) is 4.79 Å². The molecule has 1 saturated heterocycles. The zero-order valence-corrected chi connectivity index (χ0v) is 13.3. The SMILES string of the molecule is O=C(NC1CCN(c2ccccn2)C1)c1ccc(Cl)cc1Cl. The minimum absolute atomic E-state index is 0.0845. The number of nitrogens with zero attached hydrogens (tertiary/aromatic N) is 2. The van der Waals surface area contributed by atoms with Gasteiger partial charge in [-0.2, -0.15) is 0 Å². The van der Waals surface area contributed by atoms with E-state index in [1.165, 1.54) is 0 Å². The van der Waals surface area contributed by atoms with Crippen molar-refractivity contribution in [2.24, 2.45) is 0 Å². The molecule has 2 heterocycles. The summed E-state index contributed by atoms with van der Waals surface area (Å²) in [5, 5.41) is 3.90. The molecule has 1 aliphatic heterocycles. The van der Waals surface area contributed by atoms with Gasteiger partial charge in [-0.05, 0) is 36.8 Å². The van der Waals surface area contributed by atoms with Crippen molar-refractivity contribution in [2.75, 3.05) is 18.0 Å². The lowest BCUT2D eigenvalue weighted by atomic mass is 10.2. The summed E-state index contributed by atoms with van der Waals surface area (Å²) in [7, 11) is 0. The number of hydrogen-bond donors (Lipinski definition) is 1. The minimum Gasteiger partial charge on any atom is -0.354 e. The van der Waals surface area contributed by atoms with Gasteiger partial charge in [-0.3, -0.25) is 4.79 Å². The van der Waals surface area contributed by atoms with Crippen LogP contribution >= 0.6 is 23.2 Å². The second kappa shape index (κ2) is 6.55. The van der Waals surface area contributed by atoms with Gasteiger partial charge in [-0.25, -0.2) is 4.98 Å². The molecule has 0 radical (unpaired) electrons. The van der Waals surface area contributed by atoms with Gasteiger partial charge >= 0.3 is 0 Å². The second-order valence-corrected chi connectivity index (χ2v) is 6.06. The van der Waals surface area contributed by atoms with Crippen molar-refractivity contribution < 1.29 is 4.79 Å². The number of nitrogens with one attached hydrogen (secondary N) is 1. The zero-order chi connectivity index (χ0) is 15.5.